The van der Waals surface area contributed by atoms with Gasteiger partial charge in [-0.3, -0.25) is 10.1 Å². The summed E-state index contributed by atoms with van der Waals surface area (Å²) >= 11 is 0. The molecule has 6 nitrogen and oxygen atoms in total. The number of nitro groups is 1. The van der Waals surface area contributed by atoms with Crippen molar-refractivity contribution in [1.29, 1.82) is 0 Å². The van der Waals surface area contributed by atoms with Gasteiger partial charge >= 0.3 is 5.97 Å². The van der Waals surface area contributed by atoms with Crippen LogP contribution >= 0.6 is 0 Å². The first kappa shape index (κ1) is 13.6. The summed E-state index contributed by atoms with van der Waals surface area (Å²) in [6, 6.07) is 1.51. The second-order valence-electron chi connectivity index (χ2n) is 3.42. The lowest BCUT2D eigenvalue weighted by atomic mass is 10.1. The Bertz CT molecular complexity index is 502. The summed E-state index contributed by atoms with van der Waals surface area (Å²) in [5.74, 6) is -2.61. The largest absolute Gasteiger partial charge is 0.478 e. The minimum absolute atomic E-state index is 0.0272. The predicted octanol–water partition coefficient (Wildman–Crippen LogP) is 2.42. The number of nitrogens with one attached hydrogen (secondary N) is 1. The van der Waals surface area contributed by atoms with Gasteiger partial charge in [0.15, 0.2) is 0 Å². The minimum Gasteiger partial charge on any atom is -0.478 e. The number of hydrogen-bond acceptors (Lipinski definition) is 4. The minimum atomic E-state index is -1.48. The van der Waals surface area contributed by atoms with E-state index in [2.05, 4.69) is 11.9 Å². The van der Waals surface area contributed by atoms with Gasteiger partial charge < -0.3 is 10.4 Å². The van der Waals surface area contributed by atoms with E-state index in [-0.39, 0.29) is 5.69 Å². The van der Waals surface area contributed by atoms with Gasteiger partial charge in [-0.25, -0.2) is 9.18 Å². The number of carbonyl (C=O) groups is 1. The molecule has 0 aromatic heterocycles. The Morgan fingerprint density at radius 2 is 2.28 bits per heavy atom. The number of rotatable bonds is 6. The summed E-state index contributed by atoms with van der Waals surface area (Å²) in [5.41, 5.74) is -1.14. The van der Waals surface area contributed by atoms with Crippen LogP contribution in [0.1, 0.15) is 16.8 Å². The average molecular weight is 254 g/mol. The Balaban J connectivity index is 3.17. The fraction of sp³-hybridized carbons (Fsp3) is 0.182. The molecule has 0 heterocycles. The maximum Gasteiger partial charge on any atom is 0.338 e. The Kier molecular flexibility index (Phi) is 4.36. The number of benzene rings is 1. The first-order valence-corrected chi connectivity index (χ1v) is 5.03. The summed E-state index contributed by atoms with van der Waals surface area (Å²) < 4.78 is 13.3. The maximum absolute atomic E-state index is 13.3. The third kappa shape index (κ3) is 3.03. The normalized spacial score (nSPS) is 9.83. The van der Waals surface area contributed by atoms with Crippen molar-refractivity contribution in [1.82, 2.24) is 0 Å². The average Bonchev–Trinajstić information content (AvgIpc) is 2.30. The highest BCUT2D eigenvalue weighted by atomic mass is 19.1. The van der Waals surface area contributed by atoms with Crippen LogP contribution in [0.5, 0.6) is 0 Å². The Morgan fingerprint density at radius 1 is 1.61 bits per heavy atom. The summed E-state index contributed by atoms with van der Waals surface area (Å²) in [6.07, 6.45) is 2.14. The van der Waals surface area contributed by atoms with E-state index in [0.717, 1.165) is 6.07 Å². The van der Waals surface area contributed by atoms with Gasteiger partial charge in [0.05, 0.1) is 16.6 Å². The Hall–Kier alpha value is -2.44. The van der Waals surface area contributed by atoms with Crippen molar-refractivity contribution in [3.05, 3.63) is 46.3 Å². The molecule has 0 saturated carbocycles. The molecule has 96 valence electrons. The standard InChI is InChI=1S/C11H11FN2O4/c1-2-3-4-13-9-5-7(11(15)16)8(12)6-10(9)14(17)18/h2,5-6,13H,1,3-4H2,(H,15,16). The zero-order valence-corrected chi connectivity index (χ0v) is 9.35. The third-order valence-electron chi connectivity index (χ3n) is 2.18. The van der Waals surface area contributed by atoms with Gasteiger partial charge in [0, 0.05) is 6.54 Å². The van der Waals surface area contributed by atoms with E-state index in [1.165, 1.54) is 0 Å². The van der Waals surface area contributed by atoms with Crippen LogP contribution in [0.2, 0.25) is 0 Å². The highest BCUT2D eigenvalue weighted by molar-refractivity contribution is 5.90. The van der Waals surface area contributed by atoms with E-state index >= 15 is 0 Å². The molecule has 0 radical (unpaired) electrons. The number of aromatic carboxylic acids is 1. The van der Waals surface area contributed by atoms with Crippen molar-refractivity contribution in [2.45, 2.75) is 6.42 Å². The zero-order chi connectivity index (χ0) is 13.7. The molecule has 0 aliphatic carbocycles. The van der Waals surface area contributed by atoms with E-state index in [0.29, 0.717) is 19.0 Å². The molecule has 1 rings (SSSR count). The number of carboxylic acid groups (broad SMARTS) is 1. The number of anilines is 1. The van der Waals surface area contributed by atoms with Gasteiger partial charge in [-0.15, -0.1) is 6.58 Å². The van der Waals surface area contributed by atoms with Gasteiger partial charge in [0.2, 0.25) is 0 Å². The van der Waals surface area contributed by atoms with E-state index in [1.54, 1.807) is 6.08 Å². The highest BCUT2D eigenvalue weighted by Gasteiger charge is 2.21. The van der Waals surface area contributed by atoms with Crippen LogP contribution < -0.4 is 5.32 Å². The molecule has 7 heteroatoms. The molecule has 0 saturated heterocycles. The first-order valence-electron chi connectivity index (χ1n) is 5.03. The first-order chi connectivity index (χ1) is 8.47. The SMILES string of the molecule is C=CCCNc1cc(C(=O)O)c(F)cc1[N+](=O)[O-]. The monoisotopic (exact) mass is 254 g/mol. The number of nitrogens with zero attached hydrogens (tertiary/aromatic N) is 1. The molecule has 0 bridgehead atoms. The lowest BCUT2D eigenvalue weighted by Gasteiger charge is -2.07. The summed E-state index contributed by atoms with van der Waals surface area (Å²) in [5, 5.41) is 22.1. The summed E-state index contributed by atoms with van der Waals surface area (Å²) in [4.78, 5) is 20.7. The molecule has 1 aromatic carbocycles. The number of nitro benzene ring substituents is 1. The molecule has 0 amide bonds. The van der Waals surface area contributed by atoms with Gasteiger partial charge in [-0.1, -0.05) is 6.08 Å². The van der Waals surface area contributed by atoms with Crippen molar-refractivity contribution < 1.29 is 19.2 Å². The molecule has 0 atom stereocenters. The van der Waals surface area contributed by atoms with E-state index in [1.807, 2.05) is 0 Å². The fourth-order valence-electron chi connectivity index (χ4n) is 1.33. The van der Waals surface area contributed by atoms with Crippen molar-refractivity contribution in [2.24, 2.45) is 0 Å². The van der Waals surface area contributed by atoms with Crippen LogP contribution in [0.4, 0.5) is 15.8 Å². The smallest absolute Gasteiger partial charge is 0.338 e. The molecule has 2 N–H and O–H groups in total. The third-order valence-corrected chi connectivity index (χ3v) is 2.18. The number of hydrogen-bond donors (Lipinski definition) is 2. The van der Waals surface area contributed by atoms with Gasteiger partial charge in [0.25, 0.3) is 5.69 Å². The predicted molar refractivity (Wildman–Crippen MR) is 63.3 cm³/mol. The Morgan fingerprint density at radius 3 is 2.78 bits per heavy atom. The molecule has 0 aliphatic rings. The summed E-state index contributed by atoms with van der Waals surface area (Å²) in [7, 11) is 0. The van der Waals surface area contributed by atoms with Crippen LogP contribution in [-0.4, -0.2) is 22.5 Å². The zero-order valence-electron chi connectivity index (χ0n) is 9.35. The lowest BCUT2D eigenvalue weighted by molar-refractivity contribution is -0.384. The maximum atomic E-state index is 13.3. The van der Waals surface area contributed by atoms with Crippen LogP contribution in [0, 0.1) is 15.9 Å². The molecule has 18 heavy (non-hydrogen) atoms. The van der Waals surface area contributed by atoms with Crippen LogP contribution in [0.15, 0.2) is 24.8 Å². The molecular weight excluding hydrogens is 243 g/mol. The quantitative estimate of drug-likeness (QED) is 0.352. The Labute approximate surface area is 102 Å². The van der Waals surface area contributed by atoms with Crippen LogP contribution in [0.3, 0.4) is 0 Å². The molecule has 1 aromatic rings. The van der Waals surface area contributed by atoms with Crippen molar-refractivity contribution >= 4 is 17.3 Å². The van der Waals surface area contributed by atoms with Gasteiger partial charge in [-0.05, 0) is 12.5 Å². The number of halogens is 1. The van der Waals surface area contributed by atoms with Crippen molar-refractivity contribution in [2.75, 3.05) is 11.9 Å². The molecule has 0 unspecified atom stereocenters. The van der Waals surface area contributed by atoms with Gasteiger partial charge in [0.1, 0.15) is 11.5 Å². The van der Waals surface area contributed by atoms with Crippen molar-refractivity contribution in [3.8, 4) is 0 Å². The molecule has 0 spiro atoms. The second kappa shape index (κ2) is 5.76. The molecular formula is C11H11FN2O4. The topological polar surface area (TPSA) is 92.5 Å². The van der Waals surface area contributed by atoms with Crippen molar-refractivity contribution in [3.63, 3.8) is 0 Å². The van der Waals surface area contributed by atoms with Gasteiger partial charge in [-0.2, -0.15) is 0 Å². The summed E-state index contributed by atoms with van der Waals surface area (Å²) in [6.45, 7) is 3.82. The lowest BCUT2D eigenvalue weighted by Crippen LogP contribution is -2.08. The fourth-order valence-corrected chi connectivity index (χ4v) is 1.33. The molecule has 0 aliphatic heterocycles. The van der Waals surface area contributed by atoms with E-state index in [4.69, 9.17) is 5.11 Å². The number of carboxylic acids is 1. The van der Waals surface area contributed by atoms with Crippen LogP contribution in [0.25, 0.3) is 0 Å². The highest BCUT2D eigenvalue weighted by Crippen LogP contribution is 2.27. The van der Waals surface area contributed by atoms with E-state index < -0.39 is 28.0 Å². The second-order valence-corrected chi connectivity index (χ2v) is 3.42. The van der Waals surface area contributed by atoms with E-state index in [9.17, 15) is 19.3 Å². The molecule has 0 fully saturated rings. The van der Waals surface area contributed by atoms with Crippen LogP contribution in [-0.2, 0) is 0 Å².